The minimum absolute atomic E-state index is 0.0235. The Morgan fingerprint density at radius 2 is 1.61 bits per heavy atom. The molecule has 0 aliphatic carbocycles. The summed E-state index contributed by atoms with van der Waals surface area (Å²) >= 11 is 9.48. The van der Waals surface area contributed by atoms with Gasteiger partial charge in [-0.05, 0) is 78.2 Å². The smallest absolute Gasteiger partial charge is 0.356 e. The fourth-order valence-corrected chi connectivity index (χ4v) is 5.65. The minimum Gasteiger partial charge on any atom is -0.356 e. The number of aliphatic hydroxyl groups is 1. The molecule has 2 heterocycles. The van der Waals surface area contributed by atoms with E-state index >= 15 is 0 Å². The van der Waals surface area contributed by atoms with E-state index in [9.17, 15) is 18.3 Å². The highest BCUT2D eigenvalue weighted by molar-refractivity contribution is 9.10. The van der Waals surface area contributed by atoms with Crippen LogP contribution < -0.4 is 4.90 Å². The molecule has 38 heavy (non-hydrogen) atoms. The molecule has 11 heteroatoms. The number of benzene rings is 1. The van der Waals surface area contributed by atoms with Crippen molar-refractivity contribution in [1.29, 1.82) is 0 Å². The molecule has 0 radical (unpaired) electrons. The van der Waals surface area contributed by atoms with Crippen LogP contribution in [-0.4, -0.2) is 50.6 Å². The summed E-state index contributed by atoms with van der Waals surface area (Å²) in [6.07, 6.45) is -1.18. The molecule has 0 spiro atoms. The molecule has 0 amide bonds. The molecule has 6 nitrogen and oxygen atoms in total. The van der Waals surface area contributed by atoms with Crippen LogP contribution in [0.15, 0.2) is 35.1 Å². The molecule has 3 atom stereocenters. The lowest BCUT2D eigenvalue weighted by molar-refractivity contribution is -0.250. The molecule has 1 saturated heterocycles. The van der Waals surface area contributed by atoms with Gasteiger partial charge in [-0.15, -0.1) is 0 Å². The Hall–Kier alpha value is -1.46. The molecule has 0 saturated carbocycles. The number of halogens is 5. The molecular formula is C27H37BrClF3N4O2. The predicted molar refractivity (Wildman–Crippen MR) is 147 cm³/mol. The molecule has 1 aromatic carbocycles. The largest absolute Gasteiger partial charge is 0.416 e. The van der Waals surface area contributed by atoms with Gasteiger partial charge in [0.25, 0.3) is 0 Å². The number of hydrogen-bond donors (Lipinski definition) is 1. The third-order valence-electron chi connectivity index (χ3n) is 6.92. The normalized spacial score (nSPS) is 21.9. The Bertz CT molecular complexity index is 1040. The van der Waals surface area contributed by atoms with Gasteiger partial charge in [0.1, 0.15) is 0 Å². The summed E-state index contributed by atoms with van der Waals surface area (Å²) in [7, 11) is 0. The second-order valence-corrected chi connectivity index (χ2v) is 12.2. The summed E-state index contributed by atoms with van der Waals surface area (Å²) in [5, 5.41) is 11.1. The van der Waals surface area contributed by atoms with Crippen LogP contribution in [0.2, 0.25) is 5.02 Å². The maximum absolute atomic E-state index is 13.6. The van der Waals surface area contributed by atoms with E-state index in [0.717, 1.165) is 12.1 Å². The number of nitrogens with zero attached hydrogens (tertiary/aromatic N) is 4. The fourth-order valence-electron chi connectivity index (χ4n) is 5.19. The van der Waals surface area contributed by atoms with Gasteiger partial charge >= 0.3 is 6.18 Å². The highest BCUT2D eigenvalue weighted by atomic mass is 79.9. The average Bonchev–Trinajstić information content (AvgIpc) is 2.81. The van der Waals surface area contributed by atoms with Gasteiger partial charge in [0.05, 0.1) is 16.1 Å². The lowest BCUT2D eigenvalue weighted by Crippen LogP contribution is -2.62. The van der Waals surface area contributed by atoms with Gasteiger partial charge in [-0.1, -0.05) is 39.3 Å². The van der Waals surface area contributed by atoms with E-state index < -0.39 is 18.2 Å². The number of alkyl halides is 3. The number of rotatable bonds is 9. The maximum Gasteiger partial charge on any atom is 0.416 e. The van der Waals surface area contributed by atoms with Crippen LogP contribution in [0.3, 0.4) is 0 Å². The first-order valence-electron chi connectivity index (χ1n) is 12.9. The molecule has 0 bridgehead atoms. The SMILES string of the molecule is CC(C)OC(O)N1[C@H](C(C)C)CC(N(Cc2cc(Cl)cc(C(F)(F)F)c2)c2ncc(Br)cn2)C[C@H]1C(C)C. The van der Waals surface area contributed by atoms with Gasteiger partial charge in [0.2, 0.25) is 12.4 Å². The summed E-state index contributed by atoms with van der Waals surface area (Å²) in [6.45, 7) is 12.3. The first-order valence-corrected chi connectivity index (χ1v) is 14.1. The van der Waals surface area contributed by atoms with Crippen LogP contribution in [0.1, 0.15) is 65.5 Å². The second-order valence-electron chi connectivity index (χ2n) is 10.9. The summed E-state index contributed by atoms with van der Waals surface area (Å²) < 4.78 is 47.2. The molecule has 1 unspecified atom stereocenters. The van der Waals surface area contributed by atoms with Gasteiger partial charge < -0.3 is 14.7 Å². The monoisotopic (exact) mass is 620 g/mol. The zero-order chi connectivity index (χ0) is 28.4. The Balaban J connectivity index is 2.04. The van der Waals surface area contributed by atoms with Crippen LogP contribution >= 0.6 is 27.5 Å². The first-order chi connectivity index (χ1) is 17.7. The molecule has 212 valence electrons. The predicted octanol–water partition coefficient (Wildman–Crippen LogP) is 7.13. The lowest BCUT2D eigenvalue weighted by atomic mass is 9.81. The summed E-state index contributed by atoms with van der Waals surface area (Å²) in [6, 6.07) is 3.43. The van der Waals surface area contributed by atoms with Crippen LogP contribution in [0.4, 0.5) is 19.1 Å². The van der Waals surface area contributed by atoms with E-state index in [1.165, 1.54) is 0 Å². The molecule has 1 aromatic heterocycles. The van der Waals surface area contributed by atoms with Gasteiger partial charge in [0.15, 0.2) is 0 Å². The number of ether oxygens (including phenoxy) is 1. The summed E-state index contributed by atoms with van der Waals surface area (Å²) in [4.78, 5) is 13.0. The number of anilines is 1. The highest BCUT2D eigenvalue weighted by Crippen LogP contribution is 2.38. The van der Waals surface area contributed by atoms with Crippen molar-refractivity contribution in [3.05, 3.63) is 51.2 Å². The van der Waals surface area contributed by atoms with Crippen molar-refractivity contribution in [3.8, 4) is 0 Å². The van der Waals surface area contributed by atoms with E-state index in [1.807, 2.05) is 18.7 Å². The van der Waals surface area contributed by atoms with Crippen molar-refractivity contribution in [1.82, 2.24) is 14.9 Å². The molecule has 2 aromatic rings. The van der Waals surface area contributed by atoms with Gasteiger partial charge in [-0.2, -0.15) is 13.2 Å². The average molecular weight is 622 g/mol. The number of piperidine rings is 1. The number of aromatic nitrogens is 2. The van der Waals surface area contributed by atoms with Crippen molar-refractivity contribution in [3.63, 3.8) is 0 Å². The van der Waals surface area contributed by atoms with Crippen molar-refractivity contribution in [2.24, 2.45) is 11.8 Å². The van der Waals surface area contributed by atoms with E-state index in [0.29, 0.717) is 28.8 Å². The Morgan fingerprint density at radius 1 is 1.05 bits per heavy atom. The molecular weight excluding hydrogens is 585 g/mol. The number of likely N-dealkylation sites (tertiary alicyclic amines) is 1. The summed E-state index contributed by atoms with van der Waals surface area (Å²) in [5.74, 6) is 0.782. The van der Waals surface area contributed by atoms with E-state index in [-0.39, 0.29) is 47.6 Å². The molecule has 3 rings (SSSR count). The van der Waals surface area contributed by atoms with Crippen molar-refractivity contribution < 1.29 is 23.0 Å². The third kappa shape index (κ3) is 7.81. The number of hydrogen-bond acceptors (Lipinski definition) is 6. The van der Waals surface area contributed by atoms with Crippen molar-refractivity contribution in [2.45, 2.75) is 97.7 Å². The summed E-state index contributed by atoms with van der Waals surface area (Å²) in [5.41, 5.74) is -0.371. The fraction of sp³-hybridized carbons (Fsp3) is 0.630. The topological polar surface area (TPSA) is 61.7 Å². The molecule has 1 aliphatic heterocycles. The van der Waals surface area contributed by atoms with Gasteiger partial charge in [-0.3, -0.25) is 0 Å². The zero-order valence-electron chi connectivity index (χ0n) is 22.6. The van der Waals surface area contributed by atoms with Gasteiger partial charge in [0, 0.05) is 42.1 Å². The van der Waals surface area contributed by atoms with Gasteiger partial charge in [-0.25, -0.2) is 14.9 Å². The van der Waals surface area contributed by atoms with Crippen LogP contribution in [0.5, 0.6) is 0 Å². The van der Waals surface area contributed by atoms with Crippen LogP contribution in [-0.2, 0) is 17.5 Å². The lowest BCUT2D eigenvalue weighted by Gasteiger charge is -2.52. The third-order valence-corrected chi connectivity index (χ3v) is 7.55. The molecule has 1 N–H and O–H groups in total. The second kappa shape index (κ2) is 12.8. The van der Waals surface area contributed by atoms with Crippen molar-refractivity contribution in [2.75, 3.05) is 4.90 Å². The van der Waals surface area contributed by atoms with Crippen LogP contribution in [0.25, 0.3) is 0 Å². The van der Waals surface area contributed by atoms with E-state index in [1.54, 1.807) is 18.5 Å². The zero-order valence-corrected chi connectivity index (χ0v) is 24.9. The molecule has 1 fully saturated rings. The molecule has 1 aliphatic rings. The Morgan fingerprint density at radius 3 is 2.08 bits per heavy atom. The van der Waals surface area contributed by atoms with Crippen LogP contribution in [0, 0.1) is 11.8 Å². The Kier molecular flexibility index (Phi) is 10.5. The standard InChI is InChI=1S/C27H37BrClF3N4O2/c1-15(2)23-10-22(11-24(16(3)4)36(23)26(37)38-17(5)6)35(25-33-12-20(28)13-34-25)14-18-7-19(27(30,31)32)9-21(29)8-18/h7-9,12-13,15-17,22-24,26,37H,10-11,14H2,1-6H3/t23-,24-,26?/m0/s1. The quantitative estimate of drug-likeness (QED) is 0.301. The Labute approximate surface area is 236 Å². The van der Waals surface area contributed by atoms with Crippen molar-refractivity contribution >= 4 is 33.5 Å². The highest BCUT2D eigenvalue weighted by Gasteiger charge is 2.44. The number of aliphatic hydroxyl groups excluding tert-OH is 1. The van der Waals surface area contributed by atoms with E-state index in [4.69, 9.17) is 16.3 Å². The minimum atomic E-state index is -4.51. The first kappa shape index (κ1) is 31.1. The maximum atomic E-state index is 13.6. The van der Waals surface area contributed by atoms with E-state index in [2.05, 4.69) is 58.5 Å².